The van der Waals surface area contributed by atoms with Crippen LogP contribution in [0.2, 0.25) is 0 Å². The number of benzene rings is 4. The number of hydrogen-bond donors (Lipinski definition) is 2. The predicted molar refractivity (Wildman–Crippen MR) is 196 cm³/mol. The van der Waals surface area contributed by atoms with Crippen molar-refractivity contribution in [2.75, 3.05) is 13.1 Å². The third-order valence-electron chi connectivity index (χ3n) is 9.34. The molecule has 1 fully saturated rings. The SMILES string of the molecule is CCCN(Cc1ccc(Oc2cccc(C)c2)cc1)C(=O)[C@H]1[C@H](C(=O)O)[C@H](C(=O)O)[C@@H]1C(=O)N(CCC)Cc1ccc(Oc2cccc(C)c2)cc1. The highest BCUT2D eigenvalue weighted by Gasteiger charge is 2.64. The number of carboxylic acid groups (broad SMARTS) is 2. The van der Waals surface area contributed by atoms with Crippen molar-refractivity contribution in [2.45, 2.75) is 53.6 Å². The fourth-order valence-electron chi connectivity index (χ4n) is 6.87. The number of nitrogens with zero attached hydrogens (tertiary/aromatic N) is 2. The van der Waals surface area contributed by atoms with Crippen LogP contribution in [-0.2, 0) is 32.3 Å². The topological polar surface area (TPSA) is 134 Å². The summed E-state index contributed by atoms with van der Waals surface area (Å²) >= 11 is 0. The van der Waals surface area contributed by atoms with Crippen molar-refractivity contribution in [1.29, 1.82) is 0 Å². The molecule has 0 bridgehead atoms. The zero-order chi connectivity index (χ0) is 37.4. The first-order valence-electron chi connectivity index (χ1n) is 17.7. The molecular formula is C42H46N2O8. The molecule has 4 atom stereocenters. The number of ether oxygens (including phenoxy) is 2. The molecule has 0 unspecified atom stereocenters. The predicted octanol–water partition coefficient (Wildman–Crippen LogP) is 7.71. The first-order valence-corrected chi connectivity index (χ1v) is 17.7. The zero-order valence-corrected chi connectivity index (χ0v) is 30.0. The standard InChI is InChI=1S/C42H46N2O8/c1-5-21-43(25-29-13-17-31(18-14-29)51-33-11-7-9-27(3)23-33)39(45)35-36(38(42(49)50)37(35)41(47)48)40(46)44(22-6-2)26-30-15-19-32(20-16-30)52-34-12-8-10-28(4)24-34/h7-20,23-24,35-38H,5-6,21-22,25-26H2,1-4H3,(H,47,48)(H,49,50)/t35-,36-,37-,38+/m1/s1. The molecule has 0 spiro atoms. The quantitative estimate of drug-likeness (QED) is 0.121. The molecule has 10 nitrogen and oxygen atoms in total. The Kier molecular flexibility index (Phi) is 12.3. The van der Waals surface area contributed by atoms with E-state index in [1.807, 2.05) is 100 Å². The van der Waals surface area contributed by atoms with Crippen molar-refractivity contribution in [1.82, 2.24) is 9.80 Å². The van der Waals surface area contributed by atoms with Crippen molar-refractivity contribution in [3.05, 3.63) is 119 Å². The maximum atomic E-state index is 14.3. The fourth-order valence-corrected chi connectivity index (χ4v) is 6.87. The number of amides is 2. The number of carboxylic acids is 2. The van der Waals surface area contributed by atoms with E-state index in [-0.39, 0.29) is 13.1 Å². The van der Waals surface area contributed by atoms with E-state index in [4.69, 9.17) is 9.47 Å². The average Bonchev–Trinajstić information content (AvgIpc) is 3.08. The van der Waals surface area contributed by atoms with Crippen LogP contribution in [0.3, 0.4) is 0 Å². The number of rotatable bonds is 16. The number of carbonyl (C=O) groups excluding carboxylic acids is 2. The smallest absolute Gasteiger partial charge is 0.308 e. The van der Waals surface area contributed by atoms with Gasteiger partial charge in [0.05, 0.1) is 23.7 Å². The molecule has 4 aromatic rings. The molecule has 0 aliphatic heterocycles. The van der Waals surface area contributed by atoms with Crippen LogP contribution in [0.4, 0.5) is 0 Å². The maximum Gasteiger partial charge on any atom is 0.308 e. The van der Waals surface area contributed by atoms with Gasteiger partial charge < -0.3 is 29.5 Å². The van der Waals surface area contributed by atoms with Gasteiger partial charge in [0, 0.05) is 26.2 Å². The van der Waals surface area contributed by atoms with Crippen LogP contribution < -0.4 is 9.47 Å². The Hall–Kier alpha value is -5.64. The lowest BCUT2D eigenvalue weighted by molar-refractivity contribution is -0.187. The van der Waals surface area contributed by atoms with E-state index in [1.165, 1.54) is 9.80 Å². The van der Waals surface area contributed by atoms with Gasteiger partial charge in [-0.25, -0.2) is 0 Å². The third kappa shape index (κ3) is 8.98. The minimum Gasteiger partial charge on any atom is -0.481 e. The van der Waals surface area contributed by atoms with Gasteiger partial charge in [-0.3, -0.25) is 19.2 Å². The van der Waals surface area contributed by atoms with Crippen molar-refractivity contribution in [2.24, 2.45) is 23.7 Å². The first kappa shape index (κ1) is 37.6. The highest BCUT2D eigenvalue weighted by Crippen LogP contribution is 2.49. The fraction of sp³-hybridized carbons (Fsp3) is 0.333. The second-order valence-electron chi connectivity index (χ2n) is 13.4. The summed E-state index contributed by atoms with van der Waals surface area (Å²) < 4.78 is 11.9. The molecule has 10 heteroatoms. The summed E-state index contributed by atoms with van der Waals surface area (Å²) in [4.78, 5) is 56.6. The first-order chi connectivity index (χ1) is 25.0. The second-order valence-corrected chi connectivity index (χ2v) is 13.4. The Morgan fingerprint density at radius 1 is 0.538 bits per heavy atom. The summed E-state index contributed by atoms with van der Waals surface area (Å²) in [5.74, 6) is -7.00. The molecule has 1 aliphatic carbocycles. The molecule has 2 amide bonds. The highest BCUT2D eigenvalue weighted by atomic mass is 16.5. The molecule has 0 saturated heterocycles. The number of hydrogen-bond acceptors (Lipinski definition) is 6. The molecule has 0 radical (unpaired) electrons. The van der Waals surface area contributed by atoms with Gasteiger partial charge in [-0.1, -0.05) is 62.4 Å². The molecule has 52 heavy (non-hydrogen) atoms. The summed E-state index contributed by atoms with van der Waals surface area (Å²) in [6, 6.07) is 29.9. The summed E-state index contributed by atoms with van der Waals surface area (Å²) in [5.41, 5.74) is 3.70. The molecular weight excluding hydrogens is 660 g/mol. The lowest BCUT2D eigenvalue weighted by Crippen LogP contribution is -2.64. The van der Waals surface area contributed by atoms with E-state index in [9.17, 15) is 29.4 Å². The average molecular weight is 707 g/mol. The molecule has 2 N–H and O–H groups in total. The van der Waals surface area contributed by atoms with Gasteiger partial charge in [-0.15, -0.1) is 0 Å². The minimum absolute atomic E-state index is 0.161. The van der Waals surface area contributed by atoms with Crippen molar-refractivity contribution >= 4 is 23.8 Å². The number of carbonyl (C=O) groups is 4. The maximum absolute atomic E-state index is 14.3. The van der Waals surface area contributed by atoms with E-state index in [0.717, 1.165) is 22.3 Å². The lowest BCUT2D eigenvalue weighted by Gasteiger charge is -2.48. The third-order valence-corrected chi connectivity index (χ3v) is 9.34. The Labute approximate surface area is 304 Å². The molecule has 4 aromatic carbocycles. The largest absolute Gasteiger partial charge is 0.481 e. The van der Waals surface area contributed by atoms with Gasteiger partial charge in [0.1, 0.15) is 23.0 Å². The van der Waals surface area contributed by atoms with Crippen LogP contribution >= 0.6 is 0 Å². The zero-order valence-electron chi connectivity index (χ0n) is 30.0. The molecule has 0 heterocycles. The Morgan fingerprint density at radius 3 is 1.21 bits per heavy atom. The van der Waals surface area contributed by atoms with Crippen LogP contribution in [0, 0.1) is 37.5 Å². The van der Waals surface area contributed by atoms with Gasteiger partial charge in [-0.05, 0) is 97.5 Å². The van der Waals surface area contributed by atoms with E-state index in [2.05, 4.69) is 0 Å². The molecule has 5 rings (SSSR count). The second kappa shape index (κ2) is 17.0. The highest BCUT2D eigenvalue weighted by molar-refractivity contribution is 5.99. The number of aliphatic carboxylic acids is 2. The van der Waals surface area contributed by atoms with Gasteiger partial charge in [-0.2, -0.15) is 0 Å². The van der Waals surface area contributed by atoms with Gasteiger partial charge in [0.15, 0.2) is 0 Å². The van der Waals surface area contributed by atoms with Crippen LogP contribution in [0.1, 0.15) is 48.9 Å². The van der Waals surface area contributed by atoms with Crippen LogP contribution in [-0.4, -0.2) is 56.9 Å². The van der Waals surface area contributed by atoms with Crippen LogP contribution in [0.25, 0.3) is 0 Å². The van der Waals surface area contributed by atoms with E-state index < -0.39 is 47.4 Å². The van der Waals surface area contributed by atoms with E-state index in [0.29, 0.717) is 48.9 Å². The van der Waals surface area contributed by atoms with Crippen LogP contribution in [0.5, 0.6) is 23.0 Å². The Morgan fingerprint density at radius 2 is 0.904 bits per heavy atom. The molecule has 1 saturated carbocycles. The van der Waals surface area contributed by atoms with E-state index in [1.54, 1.807) is 24.3 Å². The monoisotopic (exact) mass is 706 g/mol. The number of aryl methyl sites for hydroxylation is 2. The van der Waals surface area contributed by atoms with Crippen molar-refractivity contribution in [3.63, 3.8) is 0 Å². The Balaban J connectivity index is 1.34. The molecule has 272 valence electrons. The van der Waals surface area contributed by atoms with Crippen LogP contribution in [0.15, 0.2) is 97.1 Å². The Bertz CT molecular complexity index is 1740. The summed E-state index contributed by atoms with van der Waals surface area (Å²) in [7, 11) is 0. The summed E-state index contributed by atoms with van der Waals surface area (Å²) in [6.07, 6.45) is 1.16. The summed E-state index contributed by atoms with van der Waals surface area (Å²) in [6.45, 7) is 8.69. The molecule has 1 aliphatic rings. The minimum atomic E-state index is -1.54. The van der Waals surface area contributed by atoms with Gasteiger partial charge in [0.25, 0.3) is 0 Å². The van der Waals surface area contributed by atoms with Gasteiger partial charge in [0.2, 0.25) is 11.8 Å². The van der Waals surface area contributed by atoms with Crippen molar-refractivity contribution in [3.8, 4) is 23.0 Å². The normalized spacial score (nSPS) is 17.8. The molecule has 0 aromatic heterocycles. The summed E-state index contributed by atoms with van der Waals surface area (Å²) in [5, 5.41) is 20.4. The van der Waals surface area contributed by atoms with E-state index >= 15 is 0 Å². The lowest BCUT2D eigenvalue weighted by atomic mass is 9.55. The van der Waals surface area contributed by atoms with Crippen molar-refractivity contribution < 1.29 is 38.9 Å². The van der Waals surface area contributed by atoms with Gasteiger partial charge >= 0.3 is 11.9 Å².